The van der Waals surface area contributed by atoms with Crippen LogP contribution in [0.25, 0.3) is 10.9 Å². The molecule has 4 rings (SSSR count). The number of aryl methyl sites for hydroxylation is 1. The van der Waals surface area contributed by atoms with Crippen LogP contribution in [0.5, 0.6) is 0 Å². The van der Waals surface area contributed by atoms with E-state index in [1.807, 2.05) is 18.2 Å². The predicted molar refractivity (Wildman–Crippen MR) is 114 cm³/mol. The third kappa shape index (κ3) is 4.24. The molecule has 0 saturated carbocycles. The zero-order valence-electron chi connectivity index (χ0n) is 16.3. The van der Waals surface area contributed by atoms with Gasteiger partial charge in [0.1, 0.15) is 5.82 Å². The number of aromatic nitrogens is 2. The Morgan fingerprint density at radius 3 is 2.46 bits per heavy atom. The highest BCUT2D eigenvalue weighted by molar-refractivity contribution is 5.90. The average Bonchev–Trinajstić information content (AvgIpc) is 2.74. The van der Waals surface area contributed by atoms with E-state index in [0.717, 1.165) is 61.9 Å². The Morgan fingerprint density at radius 1 is 0.964 bits per heavy atom. The van der Waals surface area contributed by atoms with E-state index in [0.29, 0.717) is 0 Å². The number of aliphatic hydroxyl groups is 1. The predicted octanol–water partition coefficient (Wildman–Crippen LogP) is 2.66. The Bertz CT molecular complexity index is 920. The fourth-order valence-corrected chi connectivity index (χ4v) is 3.55. The summed E-state index contributed by atoms with van der Waals surface area (Å²) in [7, 11) is 0. The van der Waals surface area contributed by atoms with Crippen molar-refractivity contribution in [3.05, 3.63) is 59.7 Å². The largest absolute Gasteiger partial charge is 0.395 e. The first-order valence-electron chi connectivity index (χ1n) is 9.87. The Hall–Kier alpha value is -2.70. The molecule has 6 nitrogen and oxygen atoms in total. The van der Waals surface area contributed by atoms with E-state index in [-0.39, 0.29) is 6.61 Å². The van der Waals surface area contributed by atoms with Crippen LogP contribution in [0.15, 0.2) is 48.5 Å². The molecule has 146 valence electrons. The normalized spacial score (nSPS) is 15.1. The molecular formula is C22H27N5O. The van der Waals surface area contributed by atoms with Crippen LogP contribution in [0.4, 0.5) is 11.8 Å². The van der Waals surface area contributed by atoms with Gasteiger partial charge in [-0.05, 0) is 24.6 Å². The molecule has 0 amide bonds. The summed E-state index contributed by atoms with van der Waals surface area (Å²) in [6.45, 7) is 7.35. The summed E-state index contributed by atoms with van der Waals surface area (Å²) in [5.41, 5.74) is 3.45. The molecule has 2 heterocycles. The highest BCUT2D eigenvalue weighted by atomic mass is 16.3. The number of para-hydroxylation sites is 1. The minimum atomic E-state index is 0.208. The summed E-state index contributed by atoms with van der Waals surface area (Å²) >= 11 is 0. The third-order valence-corrected chi connectivity index (χ3v) is 5.24. The molecule has 1 saturated heterocycles. The molecule has 6 heteroatoms. The SMILES string of the molecule is Cc1ccc(CNc2nc(N3CCN(CCO)CC3)nc3ccccc23)cc1. The number of nitrogens with one attached hydrogen (secondary N) is 1. The first-order chi connectivity index (χ1) is 13.7. The summed E-state index contributed by atoms with van der Waals surface area (Å²) in [5, 5.41) is 13.7. The van der Waals surface area contributed by atoms with Crippen LogP contribution >= 0.6 is 0 Å². The number of β-amino-alcohol motifs (C(OH)–C–C–N with tert-alkyl or cyclic N) is 1. The second-order valence-corrected chi connectivity index (χ2v) is 7.28. The topological polar surface area (TPSA) is 64.5 Å². The maximum atomic E-state index is 9.14. The number of anilines is 2. The fraction of sp³-hybridized carbons (Fsp3) is 0.364. The summed E-state index contributed by atoms with van der Waals surface area (Å²) < 4.78 is 0. The Labute approximate surface area is 165 Å². The summed E-state index contributed by atoms with van der Waals surface area (Å²) in [4.78, 5) is 14.2. The standard InChI is InChI=1S/C22H27N5O/c1-17-6-8-18(9-7-17)16-23-21-19-4-2-3-5-20(19)24-22(25-21)27-12-10-26(11-13-27)14-15-28/h2-9,28H,10-16H2,1H3,(H,23,24,25). The lowest BCUT2D eigenvalue weighted by Crippen LogP contribution is -2.47. The molecule has 0 unspecified atom stereocenters. The summed E-state index contributed by atoms with van der Waals surface area (Å²) in [6.07, 6.45) is 0. The summed E-state index contributed by atoms with van der Waals surface area (Å²) in [6, 6.07) is 16.7. The van der Waals surface area contributed by atoms with Crippen LogP contribution in [0, 0.1) is 6.92 Å². The number of fused-ring (bicyclic) bond motifs is 1. The van der Waals surface area contributed by atoms with Crippen LogP contribution in [-0.4, -0.2) is 59.3 Å². The van der Waals surface area contributed by atoms with Crippen molar-refractivity contribution in [1.82, 2.24) is 14.9 Å². The van der Waals surface area contributed by atoms with Crippen LogP contribution in [-0.2, 0) is 6.54 Å². The van der Waals surface area contributed by atoms with Gasteiger partial charge < -0.3 is 15.3 Å². The molecule has 0 atom stereocenters. The molecule has 1 aliphatic heterocycles. The van der Waals surface area contributed by atoms with E-state index in [9.17, 15) is 0 Å². The van der Waals surface area contributed by atoms with Crippen molar-refractivity contribution < 1.29 is 5.11 Å². The maximum absolute atomic E-state index is 9.14. The Morgan fingerprint density at radius 2 is 1.71 bits per heavy atom. The van der Waals surface area contributed by atoms with Gasteiger partial charge in [0, 0.05) is 44.7 Å². The minimum absolute atomic E-state index is 0.208. The first kappa shape index (κ1) is 18.7. The molecule has 1 fully saturated rings. The maximum Gasteiger partial charge on any atom is 0.227 e. The van der Waals surface area contributed by atoms with Gasteiger partial charge in [0.25, 0.3) is 0 Å². The van der Waals surface area contributed by atoms with Gasteiger partial charge in [0.2, 0.25) is 5.95 Å². The lowest BCUT2D eigenvalue weighted by atomic mass is 10.1. The van der Waals surface area contributed by atoms with Gasteiger partial charge in [-0.15, -0.1) is 0 Å². The van der Waals surface area contributed by atoms with Crippen molar-refractivity contribution in [3.63, 3.8) is 0 Å². The minimum Gasteiger partial charge on any atom is -0.395 e. The van der Waals surface area contributed by atoms with Gasteiger partial charge >= 0.3 is 0 Å². The average molecular weight is 377 g/mol. The van der Waals surface area contributed by atoms with Crippen LogP contribution in [0.2, 0.25) is 0 Å². The summed E-state index contributed by atoms with van der Waals surface area (Å²) in [5.74, 6) is 1.65. The third-order valence-electron chi connectivity index (χ3n) is 5.24. The van der Waals surface area contributed by atoms with Gasteiger partial charge in [-0.25, -0.2) is 4.98 Å². The van der Waals surface area contributed by atoms with Crippen molar-refractivity contribution in [2.45, 2.75) is 13.5 Å². The van der Waals surface area contributed by atoms with Crippen LogP contribution < -0.4 is 10.2 Å². The highest BCUT2D eigenvalue weighted by Gasteiger charge is 2.20. The lowest BCUT2D eigenvalue weighted by molar-refractivity contribution is 0.188. The molecule has 1 aromatic heterocycles. The number of aliphatic hydroxyl groups excluding tert-OH is 1. The fourth-order valence-electron chi connectivity index (χ4n) is 3.55. The molecule has 0 bridgehead atoms. The Balaban J connectivity index is 1.56. The van der Waals surface area contributed by atoms with E-state index < -0.39 is 0 Å². The van der Waals surface area contributed by atoms with Crippen molar-refractivity contribution in [3.8, 4) is 0 Å². The Kier molecular flexibility index (Phi) is 5.69. The van der Waals surface area contributed by atoms with Crippen LogP contribution in [0.1, 0.15) is 11.1 Å². The molecular weight excluding hydrogens is 350 g/mol. The number of nitrogens with zero attached hydrogens (tertiary/aromatic N) is 4. The molecule has 2 aromatic carbocycles. The monoisotopic (exact) mass is 377 g/mol. The van der Waals surface area contributed by atoms with Gasteiger partial charge in [0.05, 0.1) is 12.1 Å². The van der Waals surface area contributed by atoms with E-state index in [4.69, 9.17) is 15.1 Å². The zero-order chi connectivity index (χ0) is 19.3. The lowest BCUT2D eigenvalue weighted by Gasteiger charge is -2.34. The number of benzene rings is 2. The number of piperazine rings is 1. The second-order valence-electron chi connectivity index (χ2n) is 7.28. The van der Waals surface area contributed by atoms with E-state index in [1.165, 1.54) is 11.1 Å². The van der Waals surface area contributed by atoms with E-state index in [2.05, 4.69) is 52.4 Å². The number of hydrogen-bond acceptors (Lipinski definition) is 6. The van der Waals surface area contributed by atoms with Gasteiger partial charge in [0.15, 0.2) is 0 Å². The van der Waals surface area contributed by atoms with Crippen LogP contribution in [0.3, 0.4) is 0 Å². The van der Waals surface area contributed by atoms with Crippen molar-refractivity contribution in [2.24, 2.45) is 0 Å². The molecule has 0 spiro atoms. The van der Waals surface area contributed by atoms with E-state index >= 15 is 0 Å². The second kappa shape index (κ2) is 8.54. The van der Waals surface area contributed by atoms with E-state index in [1.54, 1.807) is 0 Å². The first-order valence-corrected chi connectivity index (χ1v) is 9.87. The molecule has 0 radical (unpaired) electrons. The van der Waals surface area contributed by atoms with Gasteiger partial charge in [-0.1, -0.05) is 42.0 Å². The molecule has 0 aliphatic carbocycles. The van der Waals surface area contributed by atoms with Crippen molar-refractivity contribution in [2.75, 3.05) is 49.5 Å². The quantitative estimate of drug-likeness (QED) is 0.689. The number of hydrogen-bond donors (Lipinski definition) is 2. The molecule has 3 aromatic rings. The van der Waals surface area contributed by atoms with Crippen molar-refractivity contribution in [1.29, 1.82) is 0 Å². The smallest absolute Gasteiger partial charge is 0.227 e. The zero-order valence-corrected chi connectivity index (χ0v) is 16.3. The molecule has 2 N–H and O–H groups in total. The van der Waals surface area contributed by atoms with Gasteiger partial charge in [-0.2, -0.15) is 4.98 Å². The number of rotatable bonds is 6. The molecule has 1 aliphatic rings. The molecule has 28 heavy (non-hydrogen) atoms. The van der Waals surface area contributed by atoms with Gasteiger partial charge in [-0.3, -0.25) is 4.90 Å². The highest BCUT2D eigenvalue weighted by Crippen LogP contribution is 2.24. The van der Waals surface area contributed by atoms with Crippen molar-refractivity contribution >= 4 is 22.7 Å².